The molecule has 0 saturated heterocycles. The summed E-state index contributed by atoms with van der Waals surface area (Å²) in [5, 5.41) is 8.58. The van der Waals surface area contributed by atoms with Gasteiger partial charge in [0.1, 0.15) is 0 Å². The molecular weight excluding hydrogens is 176 g/mol. The lowest BCUT2D eigenvalue weighted by Crippen LogP contribution is -2.08. The van der Waals surface area contributed by atoms with E-state index < -0.39 is 0 Å². The zero-order valence-electron chi connectivity index (χ0n) is 9.80. The van der Waals surface area contributed by atoms with Crippen LogP contribution in [0.4, 0.5) is 0 Å². The minimum Gasteiger partial charge on any atom is -0.396 e. The first-order chi connectivity index (χ1) is 6.81. The topological polar surface area (TPSA) is 29.5 Å². The maximum absolute atomic E-state index is 8.58. The smallest absolute Gasteiger partial charge is 0.0547 e. The van der Waals surface area contributed by atoms with Crippen LogP contribution in [0.15, 0.2) is 0 Å². The number of rotatable bonds is 10. The van der Waals surface area contributed by atoms with Crippen LogP contribution in [0.2, 0.25) is 0 Å². The SMILES string of the molecule is CCCCC(C)OCCCCCCO. The highest BCUT2D eigenvalue weighted by molar-refractivity contribution is 4.50. The molecule has 0 heterocycles. The first kappa shape index (κ1) is 13.9. The van der Waals surface area contributed by atoms with Crippen molar-refractivity contribution in [3.8, 4) is 0 Å². The van der Waals surface area contributed by atoms with Gasteiger partial charge in [-0.15, -0.1) is 0 Å². The second-order valence-electron chi connectivity index (χ2n) is 3.96. The molecule has 0 aromatic carbocycles. The van der Waals surface area contributed by atoms with Gasteiger partial charge in [0, 0.05) is 13.2 Å². The Morgan fingerprint density at radius 1 is 1.07 bits per heavy atom. The molecule has 0 aliphatic rings. The summed E-state index contributed by atoms with van der Waals surface area (Å²) in [5.41, 5.74) is 0. The van der Waals surface area contributed by atoms with Gasteiger partial charge in [-0.05, 0) is 26.2 Å². The van der Waals surface area contributed by atoms with Crippen LogP contribution >= 0.6 is 0 Å². The van der Waals surface area contributed by atoms with Crippen LogP contribution in [0.25, 0.3) is 0 Å². The van der Waals surface area contributed by atoms with Gasteiger partial charge in [0.15, 0.2) is 0 Å². The fourth-order valence-corrected chi connectivity index (χ4v) is 1.43. The van der Waals surface area contributed by atoms with Gasteiger partial charge < -0.3 is 9.84 Å². The van der Waals surface area contributed by atoms with E-state index in [4.69, 9.17) is 9.84 Å². The van der Waals surface area contributed by atoms with E-state index in [1.807, 2.05) is 0 Å². The van der Waals surface area contributed by atoms with E-state index in [9.17, 15) is 0 Å². The monoisotopic (exact) mass is 202 g/mol. The molecule has 1 unspecified atom stereocenters. The quantitative estimate of drug-likeness (QED) is 0.551. The summed E-state index contributed by atoms with van der Waals surface area (Å²) < 4.78 is 5.66. The second kappa shape index (κ2) is 11.0. The van der Waals surface area contributed by atoms with E-state index >= 15 is 0 Å². The lowest BCUT2D eigenvalue weighted by molar-refractivity contribution is 0.0559. The molecule has 0 amide bonds. The Morgan fingerprint density at radius 2 is 1.79 bits per heavy atom. The van der Waals surface area contributed by atoms with Crippen molar-refractivity contribution < 1.29 is 9.84 Å². The summed E-state index contributed by atoms with van der Waals surface area (Å²) in [6, 6.07) is 0. The lowest BCUT2D eigenvalue weighted by Gasteiger charge is -2.11. The van der Waals surface area contributed by atoms with Crippen molar-refractivity contribution in [1.82, 2.24) is 0 Å². The average molecular weight is 202 g/mol. The Morgan fingerprint density at radius 3 is 2.43 bits per heavy atom. The van der Waals surface area contributed by atoms with E-state index in [0.717, 1.165) is 25.9 Å². The Balaban J connectivity index is 3.02. The number of hydrogen-bond donors (Lipinski definition) is 1. The standard InChI is InChI=1S/C12H26O2/c1-3-4-9-12(2)14-11-8-6-5-7-10-13/h12-13H,3-11H2,1-2H3. The predicted molar refractivity (Wildman–Crippen MR) is 60.5 cm³/mol. The van der Waals surface area contributed by atoms with Crippen molar-refractivity contribution in [3.63, 3.8) is 0 Å². The Hall–Kier alpha value is -0.0800. The molecule has 0 rings (SSSR count). The van der Waals surface area contributed by atoms with Gasteiger partial charge in [0.25, 0.3) is 0 Å². The molecule has 0 fully saturated rings. The van der Waals surface area contributed by atoms with E-state index in [0.29, 0.717) is 12.7 Å². The molecular formula is C12H26O2. The normalized spacial score (nSPS) is 13.1. The maximum atomic E-state index is 8.58. The molecule has 0 bridgehead atoms. The molecule has 1 N–H and O–H groups in total. The van der Waals surface area contributed by atoms with Gasteiger partial charge in [-0.2, -0.15) is 0 Å². The number of aliphatic hydroxyl groups excluding tert-OH is 1. The van der Waals surface area contributed by atoms with Crippen LogP contribution in [0.1, 0.15) is 58.8 Å². The first-order valence-corrected chi connectivity index (χ1v) is 6.03. The molecule has 86 valence electrons. The van der Waals surface area contributed by atoms with Crippen LogP contribution in [0.3, 0.4) is 0 Å². The third kappa shape index (κ3) is 10.0. The molecule has 0 aliphatic carbocycles. The van der Waals surface area contributed by atoms with Crippen LogP contribution in [0.5, 0.6) is 0 Å². The Kier molecular flexibility index (Phi) is 10.9. The molecule has 0 saturated carbocycles. The van der Waals surface area contributed by atoms with Crippen LogP contribution < -0.4 is 0 Å². The van der Waals surface area contributed by atoms with Gasteiger partial charge in [0.05, 0.1) is 6.10 Å². The molecule has 0 aliphatic heterocycles. The number of ether oxygens (including phenoxy) is 1. The van der Waals surface area contributed by atoms with E-state index in [1.54, 1.807) is 0 Å². The van der Waals surface area contributed by atoms with Gasteiger partial charge >= 0.3 is 0 Å². The summed E-state index contributed by atoms with van der Waals surface area (Å²) in [7, 11) is 0. The van der Waals surface area contributed by atoms with Crippen molar-refractivity contribution in [2.75, 3.05) is 13.2 Å². The molecule has 0 aromatic rings. The summed E-state index contributed by atoms with van der Waals surface area (Å²) >= 11 is 0. The lowest BCUT2D eigenvalue weighted by atomic mass is 10.2. The molecule has 2 nitrogen and oxygen atoms in total. The van der Waals surface area contributed by atoms with Crippen LogP contribution in [0, 0.1) is 0 Å². The van der Waals surface area contributed by atoms with Crippen molar-refractivity contribution in [1.29, 1.82) is 0 Å². The summed E-state index contributed by atoms with van der Waals surface area (Å²) in [6.45, 7) is 5.58. The third-order valence-corrected chi connectivity index (χ3v) is 2.42. The maximum Gasteiger partial charge on any atom is 0.0547 e. The second-order valence-corrected chi connectivity index (χ2v) is 3.96. The highest BCUT2D eigenvalue weighted by atomic mass is 16.5. The van der Waals surface area contributed by atoms with Gasteiger partial charge in [0.2, 0.25) is 0 Å². The zero-order valence-corrected chi connectivity index (χ0v) is 9.80. The summed E-state index contributed by atoms with van der Waals surface area (Å²) in [6.07, 6.45) is 8.52. The third-order valence-electron chi connectivity index (χ3n) is 2.42. The predicted octanol–water partition coefficient (Wildman–Crippen LogP) is 3.13. The highest BCUT2D eigenvalue weighted by Gasteiger charge is 2.00. The number of aliphatic hydroxyl groups is 1. The molecule has 14 heavy (non-hydrogen) atoms. The van der Waals surface area contributed by atoms with Crippen molar-refractivity contribution in [2.45, 2.75) is 64.9 Å². The van der Waals surface area contributed by atoms with E-state index in [-0.39, 0.29) is 0 Å². The molecule has 1 atom stereocenters. The van der Waals surface area contributed by atoms with E-state index in [1.165, 1.54) is 25.7 Å². The Labute approximate surface area is 88.7 Å². The van der Waals surface area contributed by atoms with Gasteiger partial charge in [-0.3, -0.25) is 0 Å². The van der Waals surface area contributed by atoms with Crippen molar-refractivity contribution in [2.24, 2.45) is 0 Å². The number of hydrogen-bond acceptors (Lipinski definition) is 2. The fraction of sp³-hybridized carbons (Fsp3) is 1.00. The first-order valence-electron chi connectivity index (χ1n) is 6.03. The summed E-state index contributed by atoms with van der Waals surface area (Å²) in [5.74, 6) is 0. The number of unbranched alkanes of at least 4 members (excludes halogenated alkanes) is 4. The van der Waals surface area contributed by atoms with Gasteiger partial charge in [-0.1, -0.05) is 32.6 Å². The fourth-order valence-electron chi connectivity index (χ4n) is 1.43. The Bertz CT molecular complexity index is 104. The van der Waals surface area contributed by atoms with Gasteiger partial charge in [-0.25, -0.2) is 0 Å². The minimum atomic E-state index is 0.327. The van der Waals surface area contributed by atoms with Crippen LogP contribution in [-0.4, -0.2) is 24.4 Å². The zero-order chi connectivity index (χ0) is 10.6. The molecule has 0 aromatic heterocycles. The summed E-state index contributed by atoms with van der Waals surface area (Å²) in [4.78, 5) is 0. The molecule has 0 spiro atoms. The van der Waals surface area contributed by atoms with Crippen molar-refractivity contribution in [3.05, 3.63) is 0 Å². The molecule has 0 radical (unpaired) electrons. The minimum absolute atomic E-state index is 0.327. The highest BCUT2D eigenvalue weighted by Crippen LogP contribution is 2.06. The largest absolute Gasteiger partial charge is 0.396 e. The van der Waals surface area contributed by atoms with E-state index in [2.05, 4.69) is 13.8 Å². The van der Waals surface area contributed by atoms with Crippen molar-refractivity contribution >= 4 is 0 Å². The average Bonchev–Trinajstić information content (AvgIpc) is 2.20. The van der Waals surface area contributed by atoms with Crippen LogP contribution in [-0.2, 0) is 4.74 Å². The molecule has 2 heteroatoms.